The summed E-state index contributed by atoms with van der Waals surface area (Å²) in [7, 11) is 2.86. The van der Waals surface area contributed by atoms with Crippen molar-refractivity contribution in [3.05, 3.63) is 52.8 Å². The second kappa shape index (κ2) is 7.53. The quantitative estimate of drug-likeness (QED) is 0.793. The lowest BCUT2D eigenvalue weighted by Crippen LogP contribution is -2.37. The summed E-state index contributed by atoms with van der Waals surface area (Å²) in [5, 5.41) is 0.468. The number of nitrogens with zero attached hydrogens (tertiary/aromatic N) is 1. The van der Waals surface area contributed by atoms with Gasteiger partial charge in [-0.15, -0.1) is 0 Å². The first-order chi connectivity index (χ1) is 11.4. The minimum absolute atomic E-state index is 0.124. The van der Waals surface area contributed by atoms with Crippen LogP contribution in [0.4, 0.5) is 10.1 Å². The third-order valence-corrected chi connectivity index (χ3v) is 3.78. The van der Waals surface area contributed by atoms with E-state index in [0.29, 0.717) is 22.0 Å². The van der Waals surface area contributed by atoms with Gasteiger partial charge in [0.25, 0.3) is 5.91 Å². The van der Waals surface area contributed by atoms with E-state index < -0.39 is 5.82 Å². The minimum atomic E-state index is -0.531. The van der Waals surface area contributed by atoms with Crippen LogP contribution in [0.15, 0.2) is 36.4 Å². The number of carbonyl (C=O) groups excluding carboxylic acids is 1. The molecule has 6 heteroatoms. The van der Waals surface area contributed by atoms with E-state index in [1.807, 2.05) is 13.8 Å². The molecule has 2 aromatic carbocycles. The highest BCUT2D eigenvalue weighted by Crippen LogP contribution is 2.29. The highest BCUT2D eigenvalue weighted by atomic mass is 35.5. The summed E-state index contributed by atoms with van der Waals surface area (Å²) in [6.45, 7) is 3.70. The Labute approximate surface area is 145 Å². The van der Waals surface area contributed by atoms with Crippen molar-refractivity contribution in [2.45, 2.75) is 19.9 Å². The van der Waals surface area contributed by atoms with Crippen LogP contribution in [-0.4, -0.2) is 26.2 Å². The fraction of sp³-hybridized carbons (Fsp3) is 0.278. The maximum Gasteiger partial charge on any atom is 0.262 e. The van der Waals surface area contributed by atoms with Crippen molar-refractivity contribution in [2.24, 2.45) is 0 Å². The normalized spacial score (nSPS) is 10.6. The van der Waals surface area contributed by atoms with Gasteiger partial charge in [-0.3, -0.25) is 4.79 Å². The number of anilines is 1. The van der Waals surface area contributed by atoms with Crippen LogP contribution in [0.1, 0.15) is 24.2 Å². The SMILES string of the molecule is COc1ccc(N(C(=O)c2ccc(Cl)cc2OC)C(C)C)cc1F. The molecule has 0 bridgehead atoms. The number of methoxy groups -OCH3 is 2. The van der Waals surface area contributed by atoms with E-state index in [4.69, 9.17) is 21.1 Å². The van der Waals surface area contributed by atoms with E-state index in [-0.39, 0.29) is 17.7 Å². The zero-order valence-electron chi connectivity index (χ0n) is 14.0. The predicted molar refractivity (Wildman–Crippen MR) is 92.9 cm³/mol. The number of rotatable bonds is 5. The summed E-state index contributed by atoms with van der Waals surface area (Å²) in [6, 6.07) is 9.00. The molecule has 0 aromatic heterocycles. The van der Waals surface area contributed by atoms with E-state index in [1.54, 1.807) is 24.3 Å². The lowest BCUT2D eigenvalue weighted by molar-refractivity contribution is 0.0977. The first-order valence-electron chi connectivity index (χ1n) is 7.39. The van der Waals surface area contributed by atoms with Crippen LogP contribution in [-0.2, 0) is 0 Å². The second-order valence-electron chi connectivity index (χ2n) is 5.43. The standard InChI is InChI=1S/C18H19ClFNO3/c1-11(2)21(13-6-8-16(23-3)15(20)10-13)18(22)14-7-5-12(19)9-17(14)24-4/h5-11H,1-4H3. The van der Waals surface area contributed by atoms with Gasteiger partial charge in [-0.2, -0.15) is 0 Å². The van der Waals surface area contributed by atoms with E-state index in [9.17, 15) is 9.18 Å². The number of halogens is 2. The molecular weight excluding hydrogens is 333 g/mol. The number of ether oxygens (including phenoxy) is 2. The summed E-state index contributed by atoms with van der Waals surface area (Å²) in [4.78, 5) is 14.5. The van der Waals surface area contributed by atoms with Gasteiger partial charge in [-0.25, -0.2) is 4.39 Å². The summed E-state index contributed by atoms with van der Waals surface area (Å²) in [6.07, 6.45) is 0. The van der Waals surface area contributed by atoms with Gasteiger partial charge in [0.1, 0.15) is 5.75 Å². The van der Waals surface area contributed by atoms with Crippen LogP contribution in [0.3, 0.4) is 0 Å². The Balaban J connectivity index is 2.48. The van der Waals surface area contributed by atoms with Crippen molar-refractivity contribution in [1.29, 1.82) is 0 Å². The Morgan fingerprint density at radius 3 is 2.29 bits per heavy atom. The summed E-state index contributed by atoms with van der Waals surface area (Å²) in [5.41, 5.74) is 0.789. The van der Waals surface area contributed by atoms with Gasteiger partial charge in [-0.05, 0) is 44.2 Å². The highest BCUT2D eigenvalue weighted by Gasteiger charge is 2.24. The second-order valence-corrected chi connectivity index (χ2v) is 5.87. The number of amides is 1. The molecule has 0 aliphatic rings. The average Bonchev–Trinajstić information content (AvgIpc) is 2.54. The molecule has 0 saturated carbocycles. The van der Waals surface area contributed by atoms with Crippen molar-refractivity contribution >= 4 is 23.2 Å². The van der Waals surface area contributed by atoms with Crippen molar-refractivity contribution in [2.75, 3.05) is 19.1 Å². The molecule has 0 saturated heterocycles. The largest absolute Gasteiger partial charge is 0.496 e. The van der Waals surface area contributed by atoms with E-state index in [0.717, 1.165) is 0 Å². The average molecular weight is 352 g/mol. The molecule has 0 atom stereocenters. The molecule has 24 heavy (non-hydrogen) atoms. The van der Waals surface area contributed by atoms with E-state index in [1.165, 1.54) is 31.3 Å². The van der Waals surface area contributed by atoms with Crippen LogP contribution in [0.2, 0.25) is 5.02 Å². The Morgan fingerprint density at radius 2 is 1.75 bits per heavy atom. The topological polar surface area (TPSA) is 38.8 Å². The number of carbonyl (C=O) groups is 1. The summed E-state index contributed by atoms with van der Waals surface area (Å²) < 4.78 is 24.2. The maximum absolute atomic E-state index is 14.0. The summed E-state index contributed by atoms with van der Waals surface area (Å²) >= 11 is 5.95. The van der Waals surface area contributed by atoms with Crippen molar-refractivity contribution in [3.8, 4) is 11.5 Å². The Morgan fingerprint density at radius 1 is 1.08 bits per heavy atom. The van der Waals surface area contributed by atoms with Gasteiger partial charge < -0.3 is 14.4 Å². The van der Waals surface area contributed by atoms with Gasteiger partial charge in [0, 0.05) is 22.8 Å². The zero-order valence-corrected chi connectivity index (χ0v) is 14.7. The number of benzene rings is 2. The van der Waals surface area contributed by atoms with Gasteiger partial charge in [0.05, 0.1) is 19.8 Å². The Hall–Kier alpha value is -2.27. The lowest BCUT2D eigenvalue weighted by Gasteiger charge is -2.28. The van der Waals surface area contributed by atoms with Crippen molar-refractivity contribution in [1.82, 2.24) is 0 Å². The van der Waals surface area contributed by atoms with Gasteiger partial charge in [0.2, 0.25) is 0 Å². The summed E-state index contributed by atoms with van der Waals surface area (Å²) in [5.74, 6) is -0.342. The monoisotopic (exact) mass is 351 g/mol. The maximum atomic E-state index is 14.0. The molecule has 0 heterocycles. The number of hydrogen-bond acceptors (Lipinski definition) is 3. The molecule has 1 amide bonds. The molecule has 4 nitrogen and oxygen atoms in total. The van der Waals surface area contributed by atoms with Crippen LogP contribution >= 0.6 is 11.6 Å². The van der Waals surface area contributed by atoms with Gasteiger partial charge >= 0.3 is 0 Å². The third kappa shape index (κ3) is 3.62. The smallest absolute Gasteiger partial charge is 0.262 e. The predicted octanol–water partition coefficient (Wildman–Crippen LogP) is 4.55. The Kier molecular flexibility index (Phi) is 5.67. The van der Waals surface area contributed by atoms with Crippen LogP contribution in [0.5, 0.6) is 11.5 Å². The highest BCUT2D eigenvalue weighted by molar-refractivity contribution is 6.31. The zero-order chi connectivity index (χ0) is 17.9. The molecular formula is C18H19ClFNO3. The molecule has 0 N–H and O–H groups in total. The molecule has 0 aliphatic heterocycles. The first kappa shape index (κ1) is 18.1. The van der Waals surface area contributed by atoms with Gasteiger partial charge in [-0.1, -0.05) is 11.6 Å². The molecule has 0 fully saturated rings. The number of hydrogen-bond donors (Lipinski definition) is 0. The van der Waals surface area contributed by atoms with Crippen LogP contribution in [0, 0.1) is 5.82 Å². The molecule has 2 aromatic rings. The lowest BCUT2D eigenvalue weighted by atomic mass is 10.1. The van der Waals surface area contributed by atoms with Crippen molar-refractivity contribution < 1.29 is 18.7 Å². The molecule has 128 valence electrons. The molecule has 0 aliphatic carbocycles. The molecule has 0 unspecified atom stereocenters. The van der Waals surface area contributed by atoms with Gasteiger partial charge in [0.15, 0.2) is 11.6 Å². The van der Waals surface area contributed by atoms with E-state index in [2.05, 4.69) is 0 Å². The van der Waals surface area contributed by atoms with Crippen LogP contribution in [0.25, 0.3) is 0 Å². The molecule has 2 rings (SSSR count). The molecule has 0 radical (unpaired) electrons. The van der Waals surface area contributed by atoms with Crippen molar-refractivity contribution in [3.63, 3.8) is 0 Å². The fourth-order valence-corrected chi connectivity index (χ4v) is 2.59. The van der Waals surface area contributed by atoms with Crippen LogP contribution < -0.4 is 14.4 Å². The fourth-order valence-electron chi connectivity index (χ4n) is 2.43. The Bertz CT molecular complexity index is 749. The minimum Gasteiger partial charge on any atom is -0.496 e. The van der Waals surface area contributed by atoms with E-state index >= 15 is 0 Å². The third-order valence-electron chi connectivity index (χ3n) is 3.54. The first-order valence-corrected chi connectivity index (χ1v) is 7.77. The molecule has 0 spiro atoms.